The zero-order valence-corrected chi connectivity index (χ0v) is 16.2. The number of hydrogen-bond acceptors (Lipinski definition) is 4. The Labute approximate surface area is 155 Å². The lowest BCUT2D eigenvalue weighted by molar-refractivity contribution is -0.134. The predicted molar refractivity (Wildman–Crippen MR) is 92.3 cm³/mol. The largest absolute Gasteiger partial charge is 0.444 e. The highest BCUT2D eigenvalue weighted by atomic mass is 32.1. The van der Waals surface area contributed by atoms with Gasteiger partial charge < -0.3 is 14.4 Å². The molecule has 4 nitrogen and oxygen atoms in total. The van der Waals surface area contributed by atoms with Gasteiger partial charge in [-0.05, 0) is 45.7 Å². The van der Waals surface area contributed by atoms with Crippen molar-refractivity contribution >= 4 is 17.4 Å². The van der Waals surface area contributed by atoms with E-state index >= 15 is 0 Å². The zero-order chi connectivity index (χ0) is 19.3. The van der Waals surface area contributed by atoms with Crippen LogP contribution in [-0.4, -0.2) is 35.8 Å². The molecule has 0 aliphatic carbocycles. The summed E-state index contributed by atoms with van der Waals surface area (Å²) in [4.78, 5) is 14.2. The van der Waals surface area contributed by atoms with Crippen molar-refractivity contribution in [2.75, 3.05) is 13.2 Å². The maximum atomic E-state index is 13.1. The molecule has 1 fully saturated rings. The number of carbonyl (C=O) groups excluding carboxylic acids is 1. The Morgan fingerprint density at radius 2 is 2.08 bits per heavy atom. The van der Waals surface area contributed by atoms with Gasteiger partial charge in [0.2, 0.25) is 0 Å². The second kappa shape index (κ2) is 6.41. The number of alkyl halides is 3. The Morgan fingerprint density at radius 1 is 1.38 bits per heavy atom. The molecule has 1 amide bonds. The van der Waals surface area contributed by atoms with Crippen molar-refractivity contribution in [3.8, 4) is 0 Å². The van der Waals surface area contributed by atoms with Gasteiger partial charge in [0.05, 0.1) is 12.2 Å². The molecule has 3 heterocycles. The van der Waals surface area contributed by atoms with E-state index in [1.54, 1.807) is 4.90 Å². The Morgan fingerprint density at radius 3 is 2.65 bits per heavy atom. The van der Waals surface area contributed by atoms with E-state index in [1.165, 1.54) is 6.07 Å². The molecule has 0 saturated carbocycles. The van der Waals surface area contributed by atoms with Crippen LogP contribution >= 0.6 is 11.3 Å². The molecule has 0 bridgehead atoms. The fraction of sp³-hybridized carbons (Fsp3) is 0.722. The van der Waals surface area contributed by atoms with Gasteiger partial charge in [0.25, 0.3) is 0 Å². The van der Waals surface area contributed by atoms with Crippen molar-refractivity contribution in [3.05, 3.63) is 21.4 Å². The highest BCUT2D eigenvalue weighted by Gasteiger charge is 2.47. The summed E-state index contributed by atoms with van der Waals surface area (Å²) in [5.74, 6) is 0. The first-order valence-electron chi connectivity index (χ1n) is 8.75. The number of likely N-dealkylation sites (tertiary alicyclic amines) is 1. The summed E-state index contributed by atoms with van der Waals surface area (Å²) in [6.07, 6.45) is -3.30. The van der Waals surface area contributed by atoms with E-state index in [4.69, 9.17) is 9.47 Å². The first kappa shape index (κ1) is 19.5. The molecular formula is C18H24F3NO3S. The molecule has 1 aromatic heterocycles. The average Bonchev–Trinajstić information content (AvgIpc) is 2.91. The minimum atomic E-state index is -4.34. The molecule has 0 radical (unpaired) electrons. The maximum absolute atomic E-state index is 13.1. The van der Waals surface area contributed by atoms with Crippen LogP contribution in [0.2, 0.25) is 0 Å². The Kier molecular flexibility index (Phi) is 4.80. The maximum Gasteiger partial charge on any atom is 0.425 e. The molecule has 0 N–H and O–H groups in total. The van der Waals surface area contributed by atoms with E-state index in [9.17, 15) is 18.0 Å². The quantitative estimate of drug-likeness (QED) is 0.628. The van der Waals surface area contributed by atoms with E-state index in [0.29, 0.717) is 38.0 Å². The van der Waals surface area contributed by atoms with Crippen molar-refractivity contribution in [3.63, 3.8) is 0 Å². The summed E-state index contributed by atoms with van der Waals surface area (Å²) >= 11 is 0.816. The van der Waals surface area contributed by atoms with Crippen molar-refractivity contribution in [2.24, 2.45) is 0 Å². The van der Waals surface area contributed by atoms with Crippen LogP contribution in [0.5, 0.6) is 0 Å². The molecule has 2 aliphatic rings. The average molecular weight is 391 g/mol. The van der Waals surface area contributed by atoms with Gasteiger partial charge in [-0.2, -0.15) is 13.2 Å². The number of rotatable bonds is 0. The fourth-order valence-corrected chi connectivity index (χ4v) is 4.83. The number of fused-ring (bicyclic) bond motifs is 2. The number of carbonyl (C=O) groups is 1. The lowest BCUT2D eigenvalue weighted by Gasteiger charge is -2.47. The van der Waals surface area contributed by atoms with Crippen molar-refractivity contribution in [1.82, 2.24) is 4.90 Å². The van der Waals surface area contributed by atoms with Crippen LogP contribution < -0.4 is 0 Å². The van der Waals surface area contributed by atoms with Crippen molar-refractivity contribution < 1.29 is 27.4 Å². The number of hydrogen-bond donors (Lipinski definition) is 0. The van der Waals surface area contributed by atoms with Gasteiger partial charge >= 0.3 is 12.3 Å². The number of piperidine rings is 1. The summed E-state index contributed by atoms with van der Waals surface area (Å²) in [5, 5.41) is 0. The molecule has 8 heteroatoms. The SMILES string of the molecule is CC1CC2(CCN1C(=O)OC(C)(C)C)OCCc1sc(C(F)(F)F)cc12. The molecular weight excluding hydrogens is 367 g/mol. The number of thiophene rings is 1. The van der Waals surface area contributed by atoms with E-state index in [0.717, 1.165) is 16.2 Å². The summed E-state index contributed by atoms with van der Waals surface area (Å²) in [7, 11) is 0. The molecule has 1 aromatic rings. The molecule has 146 valence electrons. The Balaban J connectivity index is 1.82. The van der Waals surface area contributed by atoms with Crippen molar-refractivity contribution in [2.45, 2.75) is 70.4 Å². The molecule has 2 aliphatic heterocycles. The monoisotopic (exact) mass is 391 g/mol. The van der Waals surface area contributed by atoms with Crippen LogP contribution in [0.3, 0.4) is 0 Å². The van der Waals surface area contributed by atoms with Crippen LogP contribution in [0.15, 0.2) is 6.07 Å². The van der Waals surface area contributed by atoms with Gasteiger partial charge in [0, 0.05) is 30.3 Å². The molecule has 3 rings (SSSR count). The normalized spacial score (nSPS) is 26.7. The van der Waals surface area contributed by atoms with Gasteiger partial charge in [-0.15, -0.1) is 11.3 Å². The van der Waals surface area contributed by atoms with Crippen LogP contribution in [0, 0.1) is 0 Å². The predicted octanol–water partition coefficient (Wildman–Crippen LogP) is 4.95. The lowest BCUT2D eigenvalue weighted by Crippen LogP contribution is -2.53. The summed E-state index contributed by atoms with van der Waals surface area (Å²) < 4.78 is 50.9. The van der Waals surface area contributed by atoms with Crippen LogP contribution in [0.4, 0.5) is 18.0 Å². The fourth-order valence-electron chi connectivity index (χ4n) is 3.74. The minimum Gasteiger partial charge on any atom is -0.444 e. The molecule has 0 aromatic carbocycles. The first-order valence-corrected chi connectivity index (χ1v) is 9.57. The number of amides is 1. The van der Waals surface area contributed by atoms with Gasteiger partial charge in [0.1, 0.15) is 10.5 Å². The van der Waals surface area contributed by atoms with E-state index in [2.05, 4.69) is 0 Å². The van der Waals surface area contributed by atoms with Crippen LogP contribution in [0.25, 0.3) is 0 Å². The number of nitrogens with zero attached hydrogens (tertiary/aromatic N) is 1. The summed E-state index contributed by atoms with van der Waals surface area (Å²) in [5.41, 5.74) is -0.683. The molecule has 2 unspecified atom stereocenters. The van der Waals surface area contributed by atoms with Crippen LogP contribution in [0.1, 0.15) is 55.9 Å². The highest BCUT2D eigenvalue weighted by molar-refractivity contribution is 7.12. The van der Waals surface area contributed by atoms with E-state index < -0.39 is 28.3 Å². The third-order valence-electron chi connectivity index (χ3n) is 4.83. The third-order valence-corrected chi connectivity index (χ3v) is 6.07. The zero-order valence-electron chi connectivity index (χ0n) is 15.4. The minimum absolute atomic E-state index is 0.182. The Hall–Kier alpha value is -1.28. The van der Waals surface area contributed by atoms with Crippen molar-refractivity contribution in [1.29, 1.82) is 0 Å². The summed E-state index contributed by atoms with van der Waals surface area (Å²) in [6.45, 7) is 8.11. The second-order valence-electron chi connectivity index (χ2n) is 8.01. The Bertz CT molecular complexity index is 695. The molecule has 1 saturated heterocycles. The molecule has 1 spiro atoms. The second-order valence-corrected chi connectivity index (χ2v) is 9.15. The standard InChI is InChI=1S/C18H24F3NO3S/c1-11-10-17(6-7-22(11)15(23)25-16(2,3)4)12-9-14(18(19,20)21)26-13(12)5-8-24-17/h9,11H,5-8,10H2,1-4H3. The highest BCUT2D eigenvalue weighted by Crippen LogP contribution is 2.48. The topological polar surface area (TPSA) is 38.8 Å². The molecule has 2 atom stereocenters. The van der Waals surface area contributed by atoms with Gasteiger partial charge in [-0.1, -0.05) is 0 Å². The van der Waals surface area contributed by atoms with Crippen LogP contribution in [-0.2, 0) is 27.7 Å². The van der Waals surface area contributed by atoms with Gasteiger partial charge in [-0.25, -0.2) is 4.79 Å². The number of halogens is 3. The third kappa shape index (κ3) is 3.71. The summed E-state index contributed by atoms with van der Waals surface area (Å²) in [6, 6.07) is 1.06. The smallest absolute Gasteiger partial charge is 0.425 e. The lowest BCUT2D eigenvalue weighted by atomic mass is 9.79. The van der Waals surface area contributed by atoms with Gasteiger partial charge in [0.15, 0.2) is 0 Å². The number of ether oxygens (including phenoxy) is 2. The molecule has 26 heavy (non-hydrogen) atoms. The van der Waals surface area contributed by atoms with E-state index in [-0.39, 0.29) is 6.04 Å². The van der Waals surface area contributed by atoms with Gasteiger partial charge in [-0.3, -0.25) is 0 Å². The van der Waals surface area contributed by atoms with E-state index in [1.807, 2.05) is 27.7 Å². The first-order chi connectivity index (χ1) is 11.9.